The fourth-order valence-corrected chi connectivity index (χ4v) is 3.24. The lowest BCUT2D eigenvalue weighted by atomic mass is 10.1. The van der Waals surface area contributed by atoms with Crippen LogP contribution in [0.3, 0.4) is 0 Å². The molecule has 1 aliphatic rings. The van der Waals surface area contributed by atoms with Gasteiger partial charge in [-0.1, -0.05) is 41.9 Å². The lowest BCUT2D eigenvalue weighted by Crippen LogP contribution is -2.30. The lowest BCUT2D eigenvalue weighted by molar-refractivity contribution is -0.137. The van der Waals surface area contributed by atoms with E-state index in [1.165, 1.54) is 0 Å². The molecular weight excluding hydrogens is 368 g/mol. The average Bonchev–Trinajstić information content (AvgIpc) is 3.43. The Morgan fingerprint density at radius 1 is 1.07 bits per heavy atom. The van der Waals surface area contributed by atoms with Crippen LogP contribution in [0.2, 0.25) is 5.02 Å². The molecule has 3 N–H and O–H groups in total. The molecule has 1 aliphatic carbocycles. The van der Waals surface area contributed by atoms with Crippen LogP contribution in [0.25, 0.3) is 0 Å². The van der Waals surface area contributed by atoms with Gasteiger partial charge in [0.1, 0.15) is 6.54 Å². The summed E-state index contributed by atoms with van der Waals surface area (Å²) in [4.78, 5) is 34.5. The first-order chi connectivity index (χ1) is 12.9. The van der Waals surface area contributed by atoms with Gasteiger partial charge in [-0.3, -0.25) is 14.4 Å². The first-order valence-electron chi connectivity index (χ1n) is 8.57. The summed E-state index contributed by atoms with van der Waals surface area (Å²) in [5.74, 6) is -1.44. The zero-order valence-corrected chi connectivity index (χ0v) is 15.2. The van der Waals surface area contributed by atoms with Crippen LogP contribution in [-0.4, -0.2) is 29.4 Å². The predicted molar refractivity (Wildman–Crippen MR) is 102 cm³/mol. The highest BCUT2D eigenvalue weighted by molar-refractivity contribution is 6.31. The molecule has 2 aromatic carbocycles. The molecule has 2 aromatic rings. The van der Waals surface area contributed by atoms with Gasteiger partial charge in [-0.05, 0) is 41.7 Å². The summed E-state index contributed by atoms with van der Waals surface area (Å²) >= 11 is 6.19. The summed E-state index contributed by atoms with van der Waals surface area (Å²) in [5, 5.41) is 14.4. The molecule has 1 fully saturated rings. The molecule has 0 aromatic heterocycles. The fraction of sp³-hybridized carbons (Fsp3) is 0.250. The van der Waals surface area contributed by atoms with E-state index in [1.807, 2.05) is 24.3 Å². The van der Waals surface area contributed by atoms with Gasteiger partial charge < -0.3 is 15.7 Å². The molecule has 1 saturated carbocycles. The molecule has 7 heteroatoms. The number of amides is 2. The number of nitrogens with one attached hydrogen (secondary N) is 2. The minimum Gasteiger partial charge on any atom is -0.480 e. The minimum atomic E-state index is -1.09. The third-order valence-electron chi connectivity index (χ3n) is 4.45. The van der Waals surface area contributed by atoms with E-state index in [4.69, 9.17) is 16.7 Å². The van der Waals surface area contributed by atoms with Crippen LogP contribution in [0, 0.1) is 5.92 Å². The normalized spacial score (nSPS) is 17.8. The van der Waals surface area contributed by atoms with Crippen molar-refractivity contribution in [2.75, 3.05) is 11.9 Å². The standard InChI is InChI=1S/C20H19ClN2O4/c21-17-4-2-1-3-14(17)15-10-16(15)20(27)23-13-7-5-12(6-8-13)9-18(24)22-11-19(25)26/h1-8,15-16H,9-11H2,(H,22,24)(H,23,27)(H,25,26). The monoisotopic (exact) mass is 386 g/mol. The number of carbonyl (C=O) groups is 3. The first kappa shape index (κ1) is 18.9. The van der Waals surface area contributed by atoms with Gasteiger partial charge in [0, 0.05) is 16.6 Å². The average molecular weight is 387 g/mol. The third-order valence-corrected chi connectivity index (χ3v) is 4.80. The van der Waals surface area contributed by atoms with Crippen molar-refractivity contribution in [1.29, 1.82) is 0 Å². The Balaban J connectivity index is 1.51. The van der Waals surface area contributed by atoms with Crippen molar-refractivity contribution in [2.45, 2.75) is 18.8 Å². The number of anilines is 1. The molecule has 0 saturated heterocycles. The zero-order chi connectivity index (χ0) is 19.4. The van der Waals surface area contributed by atoms with Crippen LogP contribution >= 0.6 is 11.6 Å². The topological polar surface area (TPSA) is 95.5 Å². The molecule has 27 heavy (non-hydrogen) atoms. The van der Waals surface area contributed by atoms with Crippen molar-refractivity contribution >= 4 is 35.1 Å². The van der Waals surface area contributed by atoms with Crippen LogP contribution in [0.1, 0.15) is 23.5 Å². The molecule has 140 valence electrons. The van der Waals surface area contributed by atoms with Crippen molar-refractivity contribution in [3.8, 4) is 0 Å². The third kappa shape index (κ3) is 5.08. The zero-order valence-electron chi connectivity index (χ0n) is 14.4. The van der Waals surface area contributed by atoms with Crippen molar-refractivity contribution in [3.63, 3.8) is 0 Å². The molecule has 6 nitrogen and oxygen atoms in total. The maximum atomic E-state index is 12.4. The Kier molecular flexibility index (Phi) is 5.76. The first-order valence-corrected chi connectivity index (χ1v) is 8.94. The summed E-state index contributed by atoms with van der Waals surface area (Å²) in [7, 11) is 0. The van der Waals surface area contributed by atoms with E-state index in [-0.39, 0.29) is 30.1 Å². The van der Waals surface area contributed by atoms with E-state index in [0.717, 1.165) is 17.5 Å². The number of aliphatic carboxylic acids is 1. The smallest absolute Gasteiger partial charge is 0.322 e. The second-order valence-electron chi connectivity index (χ2n) is 6.50. The number of benzene rings is 2. The number of halogens is 1. The Hall–Kier alpha value is -2.86. The van der Waals surface area contributed by atoms with Crippen LogP contribution < -0.4 is 10.6 Å². The quantitative estimate of drug-likeness (QED) is 0.681. The Bertz CT molecular complexity index is 867. The van der Waals surface area contributed by atoms with Gasteiger partial charge in [0.05, 0.1) is 6.42 Å². The maximum absolute atomic E-state index is 12.4. The SMILES string of the molecule is O=C(O)CNC(=O)Cc1ccc(NC(=O)C2CC2c2ccccc2Cl)cc1. The van der Waals surface area contributed by atoms with E-state index < -0.39 is 12.5 Å². The minimum absolute atomic E-state index is 0.0492. The highest BCUT2D eigenvalue weighted by atomic mass is 35.5. The van der Waals surface area contributed by atoms with E-state index in [0.29, 0.717) is 10.7 Å². The highest BCUT2D eigenvalue weighted by Gasteiger charge is 2.44. The summed E-state index contributed by atoms with van der Waals surface area (Å²) in [6.45, 7) is -0.402. The Morgan fingerprint density at radius 2 is 1.78 bits per heavy atom. The van der Waals surface area contributed by atoms with Crippen LogP contribution in [0.5, 0.6) is 0 Å². The highest BCUT2D eigenvalue weighted by Crippen LogP contribution is 2.49. The van der Waals surface area contributed by atoms with Gasteiger partial charge in [-0.15, -0.1) is 0 Å². The van der Waals surface area contributed by atoms with E-state index in [9.17, 15) is 14.4 Å². The molecule has 0 radical (unpaired) electrons. The molecule has 0 heterocycles. The molecule has 2 unspecified atom stereocenters. The second kappa shape index (κ2) is 8.22. The molecule has 3 rings (SSSR count). The number of hydrogen-bond donors (Lipinski definition) is 3. The largest absolute Gasteiger partial charge is 0.480 e. The maximum Gasteiger partial charge on any atom is 0.322 e. The van der Waals surface area contributed by atoms with Crippen molar-refractivity contribution in [2.24, 2.45) is 5.92 Å². The van der Waals surface area contributed by atoms with Gasteiger partial charge in [-0.25, -0.2) is 0 Å². The summed E-state index contributed by atoms with van der Waals surface area (Å²) in [6, 6.07) is 14.5. The van der Waals surface area contributed by atoms with Gasteiger partial charge in [-0.2, -0.15) is 0 Å². The molecule has 0 spiro atoms. The number of rotatable bonds is 7. The van der Waals surface area contributed by atoms with Gasteiger partial charge in [0.2, 0.25) is 11.8 Å². The number of carbonyl (C=O) groups excluding carboxylic acids is 2. The van der Waals surface area contributed by atoms with Gasteiger partial charge in [0.15, 0.2) is 0 Å². The molecule has 0 aliphatic heterocycles. The number of carboxylic acids is 1. The Labute approximate surface area is 161 Å². The number of hydrogen-bond acceptors (Lipinski definition) is 3. The number of carboxylic acid groups (broad SMARTS) is 1. The van der Waals surface area contributed by atoms with Crippen molar-refractivity contribution in [3.05, 3.63) is 64.7 Å². The van der Waals surface area contributed by atoms with Gasteiger partial charge >= 0.3 is 5.97 Å². The molecule has 2 atom stereocenters. The van der Waals surface area contributed by atoms with Crippen molar-refractivity contribution in [1.82, 2.24) is 5.32 Å². The van der Waals surface area contributed by atoms with Gasteiger partial charge in [0.25, 0.3) is 0 Å². The van der Waals surface area contributed by atoms with Crippen LogP contribution in [0.4, 0.5) is 5.69 Å². The van der Waals surface area contributed by atoms with Crippen molar-refractivity contribution < 1.29 is 19.5 Å². The van der Waals surface area contributed by atoms with E-state index >= 15 is 0 Å². The van der Waals surface area contributed by atoms with Crippen LogP contribution in [0.15, 0.2) is 48.5 Å². The van der Waals surface area contributed by atoms with E-state index in [1.54, 1.807) is 24.3 Å². The molecular formula is C20H19ClN2O4. The fourth-order valence-electron chi connectivity index (χ4n) is 2.97. The summed E-state index contributed by atoms with van der Waals surface area (Å²) in [5.41, 5.74) is 2.39. The predicted octanol–water partition coefficient (Wildman–Crippen LogP) is 2.83. The molecule has 0 bridgehead atoms. The summed E-state index contributed by atoms with van der Waals surface area (Å²) < 4.78 is 0. The lowest BCUT2D eigenvalue weighted by Gasteiger charge is -2.07. The van der Waals surface area contributed by atoms with E-state index in [2.05, 4.69) is 10.6 Å². The summed E-state index contributed by atoms with van der Waals surface area (Å²) in [6.07, 6.45) is 0.857. The second-order valence-corrected chi connectivity index (χ2v) is 6.91. The van der Waals surface area contributed by atoms with Crippen LogP contribution in [-0.2, 0) is 20.8 Å². The Morgan fingerprint density at radius 3 is 2.44 bits per heavy atom. The molecule has 2 amide bonds.